The van der Waals surface area contributed by atoms with E-state index in [1.807, 2.05) is 5.48 Å². The number of nitrogens with zero attached hydrogens (tertiary/aromatic N) is 4. The van der Waals surface area contributed by atoms with E-state index in [1.165, 1.54) is 18.2 Å². The van der Waals surface area contributed by atoms with Gasteiger partial charge in [0.05, 0.1) is 23.3 Å². The van der Waals surface area contributed by atoms with Crippen LogP contribution in [0.25, 0.3) is 0 Å². The Hall–Kier alpha value is -2.57. The summed E-state index contributed by atoms with van der Waals surface area (Å²) >= 11 is 3.04. The molecular weight excluding hydrogens is 389 g/mol. The summed E-state index contributed by atoms with van der Waals surface area (Å²) in [6.45, 7) is -0.0705. The Morgan fingerprint density at radius 1 is 1.42 bits per heavy atom. The number of rotatable bonds is 5. The highest BCUT2D eigenvalue weighted by Gasteiger charge is 2.17. The van der Waals surface area contributed by atoms with Crippen LogP contribution in [0.5, 0.6) is 0 Å². The van der Waals surface area contributed by atoms with Crippen LogP contribution in [-0.2, 0) is 0 Å². The molecule has 0 spiro atoms. The molecule has 10 nitrogen and oxygen atoms in total. The first-order valence-corrected chi connectivity index (χ1v) is 7.29. The van der Waals surface area contributed by atoms with Gasteiger partial charge in [-0.3, -0.25) is 15.7 Å². The zero-order chi connectivity index (χ0) is 17.5. The van der Waals surface area contributed by atoms with Gasteiger partial charge in [-0.25, -0.2) is 14.0 Å². The number of hydrogen-bond acceptors (Lipinski definition) is 7. The topological polar surface area (TPSA) is 154 Å². The van der Waals surface area contributed by atoms with Crippen LogP contribution in [0.15, 0.2) is 37.3 Å². The van der Waals surface area contributed by atoms with Crippen molar-refractivity contribution in [3.05, 3.63) is 34.2 Å². The molecule has 0 bridgehead atoms. The van der Waals surface area contributed by atoms with Crippen LogP contribution in [-0.4, -0.2) is 45.6 Å². The lowest BCUT2D eigenvalue weighted by molar-refractivity contribution is 0.234. The maximum absolute atomic E-state index is 13.2. The molecule has 0 radical (unpaired) electrons. The van der Waals surface area contributed by atoms with Crippen molar-refractivity contribution in [3.63, 3.8) is 0 Å². The maximum atomic E-state index is 13.2. The van der Waals surface area contributed by atoms with Gasteiger partial charge >= 0.3 is 0 Å². The third kappa shape index (κ3) is 4.47. The summed E-state index contributed by atoms with van der Waals surface area (Å²) in [4.78, 5) is 7.89. The first-order chi connectivity index (χ1) is 11.5. The normalized spacial score (nSPS) is 12.3. The zero-order valence-corrected chi connectivity index (χ0v) is 13.7. The number of hydroxylamine groups is 1. The van der Waals surface area contributed by atoms with E-state index in [9.17, 15) is 9.60 Å². The number of aliphatic hydroxyl groups excluding tert-OH is 1. The fourth-order valence-corrected chi connectivity index (χ4v) is 1.94. The average Bonchev–Trinajstić information content (AvgIpc) is 3.01. The molecule has 0 aliphatic carbocycles. The highest BCUT2D eigenvalue weighted by Crippen LogP contribution is 2.23. The summed E-state index contributed by atoms with van der Waals surface area (Å²) in [6.07, 6.45) is 0. The number of anilines is 1. The van der Waals surface area contributed by atoms with Crippen molar-refractivity contribution in [2.75, 3.05) is 18.5 Å². The number of aliphatic imine (C=N–C) groups is 2. The van der Waals surface area contributed by atoms with Gasteiger partial charge in [0, 0.05) is 0 Å². The first kappa shape index (κ1) is 17.8. The van der Waals surface area contributed by atoms with Gasteiger partial charge in [-0.1, -0.05) is 0 Å². The van der Waals surface area contributed by atoms with Crippen molar-refractivity contribution in [1.82, 2.24) is 15.8 Å². The molecule has 1 heterocycles. The van der Waals surface area contributed by atoms with Crippen molar-refractivity contribution in [3.8, 4) is 0 Å². The van der Waals surface area contributed by atoms with E-state index in [0.717, 1.165) is 0 Å². The lowest BCUT2D eigenvalue weighted by atomic mass is 10.3. The molecule has 0 aliphatic rings. The zero-order valence-electron chi connectivity index (χ0n) is 12.1. The summed E-state index contributed by atoms with van der Waals surface area (Å²) < 4.78 is 18.0. The van der Waals surface area contributed by atoms with E-state index >= 15 is 0 Å². The van der Waals surface area contributed by atoms with Crippen LogP contribution >= 0.6 is 15.9 Å². The van der Waals surface area contributed by atoms with E-state index in [1.54, 1.807) is 0 Å². The Labute approximate surface area is 143 Å². The molecule has 0 aliphatic heterocycles. The van der Waals surface area contributed by atoms with Crippen molar-refractivity contribution in [2.45, 2.75) is 0 Å². The number of aromatic nitrogens is 2. The molecule has 0 saturated heterocycles. The quantitative estimate of drug-likeness (QED) is 0.279. The minimum Gasteiger partial charge on any atom is -0.394 e. The second-order valence-corrected chi connectivity index (χ2v) is 5.10. The monoisotopic (exact) mass is 401 g/mol. The minimum atomic E-state index is -0.453. The summed E-state index contributed by atoms with van der Waals surface area (Å²) in [5.74, 6) is -0.573. The van der Waals surface area contributed by atoms with Gasteiger partial charge in [0.25, 0.3) is 0 Å². The van der Waals surface area contributed by atoms with Crippen LogP contribution < -0.4 is 16.5 Å². The van der Waals surface area contributed by atoms with E-state index in [2.05, 4.69) is 46.2 Å². The molecule has 0 fully saturated rings. The summed E-state index contributed by atoms with van der Waals surface area (Å²) in [5, 5.41) is 27.8. The van der Waals surface area contributed by atoms with Gasteiger partial charge < -0.3 is 16.2 Å². The van der Waals surface area contributed by atoms with Crippen molar-refractivity contribution >= 4 is 39.2 Å². The first-order valence-electron chi connectivity index (χ1n) is 6.49. The number of nitrogens with one attached hydrogen (secondary N) is 2. The standard InChI is InChI=1S/C12H13BrFN7O3/c13-7-5-6(1-2-8(7)14)17-10(19-23)9-11(21-24-20-9)18-12(15)16-3-4-22/h1-2,5,22-23H,3-4H2,(H,17,19)(H3,15,16,18,21). The van der Waals surface area contributed by atoms with E-state index in [4.69, 9.17) is 10.8 Å². The van der Waals surface area contributed by atoms with Crippen LogP contribution in [0, 0.1) is 5.82 Å². The predicted octanol–water partition coefficient (Wildman–Crippen LogP) is 0.747. The second kappa shape index (κ2) is 8.33. The number of nitrogens with two attached hydrogens (primary N) is 1. The molecule has 1 aromatic heterocycles. The molecular formula is C12H13BrFN7O3. The molecule has 1 aromatic carbocycles. The third-order valence-corrected chi connectivity index (χ3v) is 3.20. The minimum absolute atomic E-state index is 0.0140. The van der Waals surface area contributed by atoms with Crippen LogP contribution in [0.4, 0.5) is 15.9 Å². The van der Waals surface area contributed by atoms with E-state index in [0.29, 0.717) is 5.69 Å². The molecule has 2 aromatic rings. The third-order valence-electron chi connectivity index (χ3n) is 2.59. The summed E-state index contributed by atoms with van der Waals surface area (Å²) in [5.41, 5.74) is 7.80. The maximum Gasteiger partial charge on any atom is 0.208 e. The number of hydrogen-bond donors (Lipinski definition) is 5. The molecule has 0 saturated carbocycles. The molecule has 2 rings (SSSR count). The number of halogens is 2. The highest BCUT2D eigenvalue weighted by atomic mass is 79.9. The molecule has 128 valence electrons. The molecule has 0 amide bonds. The van der Waals surface area contributed by atoms with Crippen LogP contribution in [0.1, 0.15) is 5.69 Å². The van der Waals surface area contributed by atoms with Gasteiger partial charge in [-0.05, 0) is 44.4 Å². The predicted molar refractivity (Wildman–Crippen MR) is 86.7 cm³/mol. The van der Waals surface area contributed by atoms with Crippen molar-refractivity contribution in [1.29, 1.82) is 0 Å². The Morgan fingerprint density at radius 2 is 2.21 bits per heavy atom. The average molecular weight is 402 g/mol. The molecule has 12 heteroatoms. The number of guanidine groups is 1. The smallest absolute Gasteiger partial charge is 0.208 e. The summed E-state index contributed by atoms with van der Waals surface area (Å²) in [7, 11) is 0. The molecule has 0 atom stereocenters. The lowest BCUT2D eigenvalue weighted by Crippen LogP contribution is -2.27. The van der Waals surface area contributed by atoms with E-state index in [-0.39, 0.29) is 40.9 Å². The Morgan fingerprint density at radius 3 is 2.88 bits per heavy atom. The SMILES string of the molecule is NC(=NCCO)Nc1nonc1C(=Nc1ccc(F)c(Br)c1)NO. The van der Waals surface area contributed by atoms with Crippen molar-refractivity contribution < 1.29 is 19.3 Å². The number of aliphatic hydroxyl groups is 1. The second-order valence-electron chi connectivity index (χ2n) is 4.25. The number of amidine groups is 1. The summed E-state index contributed by atoms with van der Waals surface area (Å²) in [6, 6.07) is 4.01. The Bertz CT molecular complexity index is 765. The molecule has 24 heavy (non-hydrogen) atoms. The van der Waals surface area contributed by atoms with E-state index < -0.39 is 5.82 Å². The molecule has 6 N–H and O–H groups in total. The van der Waals surface area contributed by atoms with Crippen LogP contribution in [0.3, 0.4) is 0 Å². The Kier molecular flexibility index (Phi) is 6.17. The van der Waals surface area contributed by atoms with Gasteiger partial charge in [0.2, 0.25) is 5.82 Å². The number of benzene rings is 1. The Balaban J connectivity index is 2.29. The van der Waals surface area contributed by atoms with Crippen LogP contribution in [0.2, 0.25) is 0 Å². The van der Waals surface area contributed by atoms with Gasteiger partial charge in [0.1, 0.15) is 5.82 Å². The van der Waals surface area contributed by atoms with Crippen molar-refractivity contribution in [2.24, 2.45) is 15.7 Å². The fourth-order valence-electron chi connectivity index (χ4n) is 1.57. The highest BCUT2D eigenvalue weighted by molar-refractivity contribution is 9.10. The van der Waals surface area contributed by atoms with Gasteiger partial charge in [-0.2, -0.15) is 0 Å². The van der Waals surface area contributed by atoms with Gasteiger partial charge in [0.15, 0.2) is 17.5 Å². The largest absolute Gasteiger partial charge is 0.394 e. The fraction of sp³-hybridized carbons (Fsp3) is 0.167. The molecule has 0 unspecified atom stereocenters. The lowest BCUT2D eigenvalue weighted by Gasteiger charge is -2.05. The van der Waals surface area contributed by atoms with Gasteiger partial charge in [-0.15, -0.1) is 0 Å².